The summed E-state index contributed by atoms with van der Waals surface area (Å²) in [5, 5.41) is 4.84. The number of benzene rings is 8. The number of nitrogens with zero attached hydrogens (tertiary/aromatic N) is 1. The average Bonchev–Trinajstić information content (AvgIpc) is 3.38. The highest BCUT2D eigenvalue weighted by Gasteiger charge is 2.36. The summed E-state index contributed by atoms with van der Waals surface area (Å²) in [6, 6.07) is 59.5. The number of hydrogen-bond acceptors (Lipinski definition) is 2. The Morgan fingerprint density at radius 3 is 1.80 bits per heavy atom. The Kier molecular flexibility index (Phi) is 5.95. The molecule has 0 atom stereocenters. The van der Waals surface area contributed by atoms with E-state index in [-0.39, 0.29) is 5.41 Å². The number of rotatable bonds is 3. The molecule has 232 valence electrons. The summed E-state index contributed by atoms with van der Waals surface area (Å²) in [6.45, 7) is 4.70. The van der Waals surface area contributed by atoms with Crippen molar-refractivity contribution in [3.63, 3.8) is 0 Å². The van der Waals surface area contributed by atoms with Crippen LogP contribution >= 0.6 is 0 Å². The molecule has 0 amide bonds. The van der Waals surface area contributed by atoms with Gasteiger partial charge in [-0.05, 0) is 91.7 Å². The molecule has 0 N–H and O–H groups in total. The SMILES string of the molecule is CC1(C)c2ccccc2-c2cc(-c3c4ccccc4c(N4c5ccccc5Oc5ccccc54)c4ccc(-c5ccccc5)cc34)ccc21. The van der Waals surface area contributed by atoms with Crippen molar-refractivity contribution in [3.8, 4) is 44.9 Å². The van der Waals surface area contributed by atoms with Gasteiger partial charge in [0, 0.05) is 16.2 Å². The van der Waals surface area contributed by atoms with Crippen LogP contribution in [0.1, 0.15) is 25.0 Å². The second-order valence-corrected chi connectivity index (χ2v) is 13.7. The van der Waals surface area contributed by atoms with Crippen LogP contribution in [0.3, 0.4) is 0 Å². The van der Waals surface area contributed by atoms with Crippen LogP contribution in [0.4, 0.5) is 17.1 Å². The minimum absolute atomic E-state index is 0.0456. The van der Waals surface area contributed by atoms with Crippen LogP contribution < -0.4 is 9.64 Å². The van der Waals surface area contributed by atoms with Crippen molar-refractivity contribution >= 4 is 38.6 Å². The third-order valence-corrected chi connectivity index (χ3v) is 10.6. The molecule has 0 spiro atoms. The van der Waals surface area contributed by atoms with Crippen LogP contribution in [-0.2, 0) is 5.41 Å². The number of fused-ring (bicyclic) bond motifs is 7. The second-order valence-electron chi connectivity index (χ2n) is 13.7. The summed E-state index contributed by atoms with van der Waals surface area (Å²) < 4.78 is 6.47. The summed E-state index contributed by atoms with van der Waals surface area (Å²) in [5.74, 6) is 1.70. The summed E-state index contributed by atoms with van der Waals surface area (Å²) in [4.78, 5) is 2.41. The van der Waals surface area contributed by atoms with Crippen LogP contribution in [0.25, 0.3) is 54.9 Å². The lowest BCUT2D eigenvalue weighted by Gasteiger charge is -2.35. The quantitative estimate of drug-likeness (QED) is 0.181. The molecule has 10 rings (SSSR count). The van der Waals surface area contributed by atoms with Gasteiger partial charge in [-0.15, -0.1) is 0 Å². The Morgan fingerprint density at radius 1 is 0.429 bits per heavy atom. The van der Waals surface area contributed by atoms with Gasteiger partial charge < -0.3 is 9.64 Å². The molecule has 1 heterocycles. The summed E-state index contributed by atoms with van der Waals surface area (Å²) in [5.41, 5.74) is 13.5. The van der Waals surface area contributed by atoms with Gasteiger partial charge in [0.1, 0.15) is 0 Å². The maximum absolute atomic E-state index is 6.47. The Balaban J connectivity index is 1.33. The van der Waals surface area contributed by atoms with E-state index in [1.165, 1.54) is 66.1 Å². The highest BCUT2D eigenvalue weighted by atomic mass is 16.5. The molecule has 0 fully saturated rings. The van der Waals surface area contributed by atoms with Gasteiger partial charge in [-0.1, -0.05) is 141 Å². The Labute approximate surface area is 286 Å². The van der Waals surface area contributed by atoms with E-state index < -0.39 is 0 Å². The highest BCUT2D eigenvalue weighted by molar-refractivity contribution is 6.23. The molecular weight excluding hydrogens is 595 g/mol. The standard InChI is InChI=1S/C47H33NO/c1-47(2)39-19-9-8-16-33(39)37-29-32(25-27-40(37)47)45-34-17-6-7-18-35(34)46(36-26-24-31(28-38(36)45)30-14-4-3-5-15-30)48-41-20-10-12-22-43(41)49-44-23-13-11-21-42(44)48/h3-29H,1-2H3. The van der Waals surface area contributed by atoms with Crippen LogP contribution in [-0.4, -0.2) is 0 Å². The lowest BCUT2D eigenvalue weighted by atomic mass is 9.81. The molecule has 0 radical (unpaired) electrons. The fraction of sp³-hybridized carbons (Fsp3) is 0.0638. The van der Waals surface area contributed by atoms with E-state index in [9.17, 15) is 0 Å². The first-order valence-electron chi connectivity index (χ1n) is 17.0. The monoisotopic (exact) mass is 627 g/mol. The van der Waals surface area contributed by atoms with Crippen LogP contribution in [0.15, 0.2) is 164 Å². The number of hydrogen-bond donors (Lipinski definition) is 0. The van der Waals surface area contributed by atoms with Gasteiger partial charge in [0.25, 0.3) is 0 Å². The zero-order valence-corrected chi connectivity index (χ0v) is 27.4. The molecule has 1 aliphatic heterocycles. The fourth-order valence-electron chi connectivity index (χ4n) is 8.34. The molecule has 2 heteroatoms. The van der Waals surface area contributed by atoms with Crippen LogP contribution in [0.5, 0.6) is 11.5 Å². The van der Waals surface area contributed by atoms with Crippen molar-refractivity contribution in [2.75, 3.05) is 4.90 Å². The molecule has 2 aliphatic rings. The molecule has 0 aromatic heterocycles. The Bertz CT molecular complexity index is 2570. The molecule has 0 saturated heterocycles. The first kappa shape index (κ1) is 27.9. The van der Waals surface area contributed by atoms with Crippen molar-refractivity contribution in [2.45, 2.75) is 19.3 Å². The first-order chi connectivity index (χ1) is 24.1. The molecular formula is C47H33NO. The predicted molar refractivity (Wildman–Crippen MR) is 205 cm³/mol. The van der Waals surface area contributed by atoms with E-state index >= 15 is 0 Å². The zero-order chi connectivity index (χ0) is 32.7. The zero-order valence-electron chi connectivity index (χ0n) is 27.4. The molecule has 1 aliphatic carbocycles. The largest absolute Gasteiger partial charge is 0.453 e. The number of anilines is 3. The lowest BCUT2D eigenvalue weighted by molar-refractivity contribution is 0.477. The summed E-state index contributed by atoms with van der Waals surface area (Å²) in [6.07, 6.45) is 0. The number of ether oxygens (including phenoxy) is 1. The minimum Gasteiger partial charge on any atom is -0.453 e. The normalized spacial score (nSPS) is 13.8. The Morgan fingerprint density at radius 2 is 1.02 bits per heavy atom. The van der Waals surface area contributed by atoms with Gasteiger partial charge in [-0.2, -0.15) is 0 Å². The maximum Gasteiger partial charge on any atom is 0.151 e. The highest BCUT2D eigenvalue weighted by Crippen LogP contribution is 2.56. The average molecular weight is 628 g/mol. The van der Waals surface area contributed by atoms with E-state index in [1.807, 2.05) is 12.1 Å². The molecule has 0 saturated carbocycles. The molecule has 49 heavy (non-hydrogen) atoms. The topological polar surface area (TPSA) is 12.5 Å². The van der Waals surface area contributed by atoms with Gasteiger partial charge >= 0.3 is 0 Å². The van der Waals surface area contributed by atoms with Gasteiger partial charge in [0.15, 0.2) is 11.5 Å². The molecule has 0 unspecified atom stereocenters. The fourth-order valence-corrected chi connectivity index (χ4v) is 8.34. The van der Waals surface area contributed by atoms with Gasteiger partial charge in [-0.25, -0.2) is 0 Å². The van der Waals surface area contributed by atoms with E-state index in [0.717, 1.165) is 28.6 Å². The molecule has 8 aromatic rings. The van der Waals surface area contributed by atoms with Gasteiger partial charge in [-0.3, -0.25) is 0 Å². The summed E-state index contributed by atoms with van der Waals surface area (Å²) in [7, 11) is 0. The second kappa shape index (κ2) is 10.4. The van der Waals surface area contributed by atoms with Crippen LogP contribution in [0.2, 0.25) is 0 Å². The minimum atomic E-state index is -0.0456. The first-order valence-corrected chi connectivity index (χ1v) is 17.0. The summed E-state index contributed by atoms with van der Waals surface area (Å²) >= 11 is 0. The molecule has 8 aromatic carbocycles. The van der Waals surface area contributed by atoms with Crippen molar-refractivity contribution in [1.82, 2.24) is 0 Å². The Hall–Kier alpha value is -6.12. The van der Waals surface area contributed by atoms with E-state index in [4.69, 9.17) is 4.74 Å². The van der Waals surface area contributed by atoms with E-state index in [0.29, 0.717) is 0 Å². The van der Waals surface area contributed by atoms with Crippen molar-refractivity contribution in [2.24, 2.45) is 0 Å². The smallest absolute Gasteiger partial charge is 0.151 e. The maximum atomic E-state index is 6.47. The van der Waals surface area contributed by atoms with Crippen molar-refractivity contribution in [1.29, 1.82) is 0 Å². The van der Waals surface area contributed by atoms with Crippen molar-refractivity contribution < 1.29 is 4.74 Å². The molecule has 2 nitrogen and oxygen atoms in total. The van der Waals surface area contributed by atoms with Crippen molar-refractivity contribution in [3.05, 3.63) is 175 Å². The predicted octanol–water partition coefficient (Wildman–Crippen LogP) is 13.2. The van der Waals surface area contributed by atoms with Gasteiger partial charge in [0.05, 0.1) is 17.1 Å². The van der Waals surface area contributed by atoms with E-state index in [2.05, 4.69) is 170 Å². The third kappa shape index (κ3) is 4.07. The van der Waals surface area contributed by atoms with Crippen LogP contribution in [0, 0.1) is 0 Å². The van der Waals surface area contributed by atoms with Gasteiger partial charge in [0.2, 0.25) is 0 Å². The molecule has 0 bridgehead atoms. The lowest BCUT2D eigenvalue weighted by Crippen LogP contribution is -2.16. The number of para-hydroxylation sites is 4. The van der Waals surface area contributed by atoms with E-state index in [1.54, 1.807) is 0 Å². The third-order valence-electron chi connectivity index (χ3n) is 10.6.